The van der Waals surface area contributed by atoms with Crippen molar-refractivity contribution in [1.82, 2.24) is 0 Å². The van der Waals surface area contributed by atoms with Crippen LogP contribution in [0, 0.1) is 6.92 Å². The molecule has 0 aliphatic heterocycles. The molecule has 0 bridgehead atoms. The number of benzene rings is 2. The number of hydrogen-bond acceptors (Lipinski definition) is 5. The van der Waals surface area contributed by atoms with Crippen LogP contribution in [0.25, 0.3) is 0 Å². The number of aryl methyl sites for hydroxylation is 1. The van der Waals surface area contributed by atoms with E-state index < -0.39 is 0 Å². The fourth-order valence-electron chi connectivity index (χ4n) is 2.03. The van der Waals surface area contributed by atoms with Gasteiger partial charge in [-0.15, -0.1) is 0 Å². The fourth-order valence-corrected chi connectivity index (χ4v) is 2.03. The number of anilines is 1. The lowest BCUT2D eigenvalue weighted by molar-refractivity contribution is -0.120. The van der Waals surface area contributed by atoms with Gasteiger partial charge < -0.3 is 19.6 Å². The average Bonchev–Trinajstić information content (AvgIpc) is 2.60. The highest BCUT2D eigenvalue weighted by Crippen LogP contribution is 2.29. The number of hydrogen-bond donors (Lipinski definition) is 1. The fraction of sp³-hybridized carbons (Fsp3) is 0.222. The maximum atomic E-state index is 11.9. The van der Waals surface area contributed by atoms with E-state index in [0.717, 1.165) is 11.1 Å². The molecule has 6 heteroatoms. The Morgan fingerprint density at radius 2 is 1.88 bits per heavy atom. The molecule has 0 aliphatic rings. The zero-order valence-corrected chi connectivity index (χ0v) is 13.9. The van der Waals surface area contributed by atoms with Crippen molar-refractivity contribution in [3.63, 3.8) is 0 Å². The van der Waals surface area contributed by atoms with Crippen molar-refractivity contribution in [2.45, 2.75) is 6.92 Å². The third kappa shape index (κ3) is 4.74. The summed E-state index contributed by atoms with van der Waals surface area (Å²) < 4.78 is 10.3. The first-order valence-electron chi connectivity index (χ1n) is 7.37. The van der Waals surface area contributed by atoms with Gasteiger partial charge in [-0.25, -0.2) is 0 Å². The molecule has 0 unspecified atom stereocenters. The Kier molecular flexibility index (Phi) is 6.19. The van der Waals surface area contributed by atoms with E-state index in [1.807, 2.05) is 31.2 Å². The van der Waals surface area contributed by atoms with Crippen molar-refractivity contribution < 1.29 is 19.1 Å². The Hall–Kier alpha value is -3.02. The van der Waals surface area contributed by atoms with Gasteiger partial charge in [0, 0.05) is 11.8 Å². The Morgan fingerprint density at radius 1 is 1.12 bits per heavy atom. The van der Waals surface area contributed by atoms with E-state index in [0.29, 0.717) is 17.2 Å². The molecule has 0 heterocycles. The molecule has 0 spiro atoms. The van der Waals surface area contributed by atoms with Crippen LogP contribution in [-0.2, 0) is 9.63 Å². The minimum Gasteiger partial charge on any atom is -0.493 e. The van der Waals surface area contributed by atoms with Crippen LogP contribution in [-0.4, -0.2) is 32.9 Å². The topological polar surface area (TPSA) is 69.2 Å². The molecule has 0 atom stereocenters. The Bertz CT molecular complexity index is 729. The van der Waals surface area contributed by atoms with Crippen LogP contribution < -0.4 is 14.8 Å². The van der Waals surface area contributed by atoms with E-state index >= 15 is 0 Å². The number of nitrogens with zero attached hydrogens (tertiary/aromatic N) is 1. The van der Waals surface area contributed by atoms with Gasteiger partial charge in [0.05, 0.1) is 20.4 Å². The number of amides is 1. The van der Waals surface area contributed by atoms with Gasteiger partial charge in [-0.05, 0) is 30.2 Å². The average molecular weight is 328 g/mol. The largest absolute Gasteiger partial charge is 0.493 e. The van der Waals surface area contributed by atoms with Gasteiger partial charge >= 0.3 is 0 Å². The highest BCUT2D eigenvalue weighted by Gasteiger charge is 2.07. The molecule has 24 heavy (non-hydrogen) atoms. The number of carbonyl (C=O) groups is 1. The lowest BCUT2D eigenvalue weighted by atomic mass is 10.1. The van der Waals surface area contributed by atoms with Crippen molar-refractivity contribution in [3.05, 3.63) is 53.6 Å². The van der Waals surface area contributed by atoms with Gasteiger partial charge in [0.1, 0.15) is 0 Å². The molecule has 1 amide bonds. The van der Waals surface area contributed by atoms with Crippen LogP contribution in [0.5, 0.6) is 11.5 Å². The second kappa shape index (κ2) is 8.57. The molecule has 0 aromatic heterocycles. The maximum absolute atomic E-state index is 11.9. The zero-order valence-electron chi connectivity index (χ0n) is 13.9. The smallest absolute Gasteiger partial charge is 0.265 e. The molecule has 2 rings (SSSR count). The zero-order chi connectivity index (χ0) is 17.4. The predicted molar refractivity (Wildman–Crippen MR) is 92.9 cm³/mol. The maximum Gasteiger partial charge on any atom is 0.265 e. The van der Waals surface area contributed by atoms with E-state index in [-0.39, 0.29) is 12.5 Å². The summed E-state index contributed by atoms with van der Waals surface area (Å²) in [5, 5.41) is 6.52. The Labute approximate surface area is 141 Å². The summed E-state index contributed by atoms with van der Waals surface area (Å²) in [6.45, 7) is 1.79. The summed E-state index contributed by atoms with van der Waals surface area (Å²) >= 11 is 0. The number of rotatable bonds is 7. The van der Waals surface area contributed by atoms with Crippen molar-refractivity contribution in [2.75, 3.05) is 26.1 Å². The quantitative estimate of drug-likeness (QED) is 0.626. The Morgan fingerprint density at radius 3 is 2.58 bits per heavy atom. The molecule has 0 aliphatic carbocycles. The van der Waals surface area contributed by atoms with Crippen LogP contribution in [0.15, 0.2) is 47.6 Å². The minimum atomic E-state index is -0.316. The van der Waals surface area contributed by atoms with E-state index in [4.69, 9.17) is 14.3 Å². The SMILES string of the molecule is COc1ccc(NC(=O)CO/N=C\c2ccccc2C)cc1OC. The number of ether oxygens (including phenoxy) is 2. The molecule has 6 nitrogen and oxygen atoms in total. The summed E-state index contributed by atoms with van der Waals surface area (Å²) in [7, 11) is 3.09. The first-order valence-corrected chi connectivity index (χ1v) is 7.37. The molecule has 126 valence electrons. The third-order valence-electron chi connectivity index (χ3n) is 3.32. The first-order chi connectivity index (χ1) is 11.6. The van der Waals surface area contributed by atoms with Gasteiger partial charge in [-0.2, -0.15) is 0 Å². The highest BCUT2D eigenvalue weighted by molar-refractivity contribution is 5.92. The van der Waals surface area contributed by atoms with Crippen molar-refractivity contribution in [3.8, 4) is 11.5 Å². The highest BCUT2D eigenvalue weighted by atomic mass is 16.6. The predicted octanol–water partition coefficient (Wildman–Crippen LogP) is 3.00. The normalized spacial score (nSPS) is 10.5. The van der Waals surface area contributed by atoms with Crippen molar-refractivity contribution >= 4 is 17.8 Å². The first kappa shape index (κ1) is 17.3. The summed E-state index contributed by atoms with van der Waals surface area (Å²) in [5.41, 5.74) is 2.61. The van der Waals surface area contributed by atoms with Gasteiger partial charge in [-0.3, -0.25) is 4.79 Å². The van der Waals surface area contributed by atoms with Crippen LogP contribution in [0.1, 0.15) is 11.1 Å². The van der Waals surface area contributed by atoms with Crippen LogP contribution in [0.2, 0.25) is 0 Å². The molecular formula is C18H20N2O4. The standard InChI is InChI=1S/C18H20N2O4/c1-13-6-4-5-7-14(13)11-19-24-12-18(21)20-15-8-9-16(22-2)17(10-15)23-3/h4-11H,12H2,1-3H3,(H,20,21)/b19-11-. The Balaban J connectivity index is 1.86. The molecule has 2 aromatic rings. The molecular weight excluding hydrogens is 308 g/mol. The molecule has 1 N–H and O–H groups in total. The summed E-state index contributed by atoms with van der Waals surface area (Å²) in [4.78, 5) is 16.9. The number of carbonyl (C=O) groups excluding carboxylic acids is 1. The van der Waals surface area contributed by atoms with Crippen molar-refractivity contribution in [1.29, 1.82) is 0 Å². The van der Waals surface area contributed by atoms with Crippen LogP contribution >= 0.6 is 0 Å². The van der Waals surface area contributed by atoms with Crippen LogP contribution in [0.4, 0.5) is 5.69 Å². The number of oxime groups is 1. The second-order valence-electron chi connectivity index (χ2n) is 4.98. The molecule has 0 saturated carbocycles. The van der Waals surface area contributed by atoms with Gasteiger partial charge in [-0.1, -0.05) is 29.4 Å². The molecule has 0 saturated heterocycles. The monoisotopic (exact) mass is 328 g/mol. The van der Waals surface area contributed by atoms with Crippen molar-refractivity contribution in [2.24, 2.45) is 5.16 Å². The summed E-state index contributed by atoms with van der Waals surface area (Å²) in [6, 6.07) is 12.9. The van der Waals surface area contributed by atoms with Gasteiger partial charge in [0.15, 0.2) is 18.1 Å². The molecule has 0 fully saturated rings. The van der Waals surface area contributed by atoms with E-state index in [1.165, 1.54) is 7.11 Å². The summed E-state index contributed by atoms with van der Waals surface area (Å²) in [5.74, 6) is 0.813. The minimum absolute atomic E-state index is 0.184. The van der Waals surface area contributed by atoms with Crippen LogP contribution in [0.3, 0.4) is 0 Å². The van der Waals surface area contributed by atoms with Gasteiger partial charge in [0.2, 0.25) is 0 Å². The second-order valence-corrected chi connectivity index (χ2v) is 4.98. The third-order valence-corrected chi connectivity index (χ3v) is 3.32. The van der Waals surface area contributed by atoms with E-state index in [2.05, 4.69) is 10.5 Å². The van der Waals surface area contributed by atoms with E-state index in [1.54, 1.807) is 31.5 Å². The number of nitrogens with one attached hydrogen (secondary N) is 1. The molecule has 0 radical (unpaired) electrons. The van der Waals surface area contributed by atoms with E-state index in [9.17, 15) is 4.79 Å². The lowest BCUT2D eigenvalue weighted by Gasteiger charge is -2.10. The lowest BCUT2D eigenvalue weighted by Crippen LogP contribution is -2.17. The molecule has 2 aromatic carbocycles. The summed E-state index contributed by atoms with van der Waals surface area (Å²) in [6.07, 6.45) is 1.58. The number of methoxy groups -OCH3 is 2. The van der Waals surface area contributed by atoms with Gasteiger partial charge in [0.25, 0.3) is 5.91 Å².